The van der Waals surface area contributed by atoms with E-state index in [-0.39, 0.29) is 24.2 Å². The number of aromatic carboxylic acids is 1. The van der Waals surface area contributed by atoms with E-state index in [1.54, 1.807) is 0 Å². The number of carbonyl (C=O) groups is 1. The van der Waals surface area contributed by atoms with Crippen molar-refractivity contribution in [2.24, 2.45) is 0 Å². The Labute approximate surface area is 124 Å². The molecule has 1 N–H and O–H groups in total. The van der Waals surface area contributed by atoms with E-state index in [1.807, 2.05) is 0 Å². The molecule has 0 amide bonds. The summed E-state index contributed by atoms with van der Waals surface area (Å²) in [5.74, 6) is -4.46. The van der Waals surface area contributed by atoms with Crippen LogP contribution in [0.4, 0.5) is 13.2 Å². The summed E-state index contributed by atoms with van der Waals surface area (Å²) in [6.45, 7) is 0.236. The molecule has 3 rings (SSSR count). The van der Waals surface area contributed by atoms with Gasteiger partial charge in [-0.1, -0.05) is 0 Å². The Hall–Kier alpha value is -2.50. The molecule has 22 heavy (non-hydrogen) atoms. The molecule has 0 aliphatic carbocycles. The van der Waals surface area contributed by atoms with Crippen molar-refractivity contribution < 1.29 is 27.8 Å². The number of halogens is 3. The topological polar surface area (TPSA) is 46.5 Å². The van der Waals surface area contributed by atoms with Crippen LogP contribution in [0.5, 0.6) is 5.75 Å². The van der Waals surface area contributed by atoms with Gasteiger partial charge in [0.2, 0.25) is 0 Å². The van der Waals surface area contributed by atoms with Crippen LogP contribution >= 0.6 is 0 Å². The molecule has 2 aromatic carbocycles. The average Bonchev–Trinajstić information content (AvgIpc) is 2.45. The number of hydrogen-bond donors (Lipinski definition) is 1. The Kier molecular flexibility index (Phi) is 3.52. The SMILES string of the molecule is O=C(O)c1ccc2c(c1)C(c1c(F)cc(F)cc1F)CCO2. The summed E-state index contributed by atoms with van der Waals surface area (Å²) in [6, 6.07) is 5.40. The van der Waals surface area contributed by atoms with Crippen molar-refractivity contribution in [2.45, 2.75) is 12.3 Å². The fraction of sp³-hybridized carbons (Fsp3) is 0.188. The maximum absolute atomic E-state index is 14.0. The van der Waals surface area contributed by atoms with Crippen LogP contribution < -0.4 is 4.74 Å². The molecule has 1 aliphatic rings. The van der Waals surface area contributed by atoms with E-state index in [9.17, 15) is 18.0 Å². The van der Waals surface area contributed by atoms with Crippen LogP contribution in [-0.2, 0) is 0 Å². The molecule has 3 nitrogen and oxygen atoms in total. The van der Waals surface area contributed by atoms with Crippen molar-refractivity contribution in [3.63, 3.8) is 0 Å². The first-order chi connectivity index (χ1) is 10.5. The third-order valence-electron chi connectivity index (χ3n) is 3.69. The van der Waals surface area contributed by atoms with Gasteiger partial charge in [0.05, 0.1) is 12.2 Å². The number of hydrogen-bond acceptors (Lipinski definition) is 2. The predicted molar refractivity (Wildman–Crippen MR) is 71.7 cm³/mol. The normalized spacial score (nSPS) is 16.8. The molecule has 6 heteroatoms. The minimum atomic E-state index is -1.15. The smallest absolute Gasteiger partial charge is 0.335 e. The monoisotopic (exact) mass is 308 g/mol. The zero-order valence-electron chi connectivity index (χ0n) is 11.3. The first kappa shape index (κ1) is 14.4. The molecule has 0 aromatic heterocycles. The second kappa shape index (κ2) is 5.36. The number of fused-ring (bicyclic) bond motifs is 1. The van der Waals surface area contributed by atoms with Gasteiger partial charge in [0.25, 0.3) is 0 Å². The second-order valence-electron chi connectivity index (χ2n) is 5.03. The molecule has 1 unspecified atom stereocenters. The van der Waals surface area contributed by atoms with Crippen LogP contribution in [0.15, 0.2) is 30.3 Å². The molecule has 0 radical (unpaired) electrons. The summed E-state index contributed by atoms with van der Waals surface area (Å²) in [5, 5.41) is 9.05. The lowest BCUT2D eigenvalue weighted by Crippen LogP contribution is -2.18. The molecule has 1 atom stereocenters. The van der Waals surface area contributed by atoms with Crippen molar-refractivity contribution >= 4 is 5.97 Å². The average molecular weight is 308 g/mol. The number of carboxylic acids is 1. The van der Waals surface area contributed by atoms with Gasteiger partial charge in [0, 0.05) is 29.2 Å². The highest BCUT2D eigenvalue weighted by Gasteiger charge is 2.29. The number of carboxylic acid groups (broad SMARTS) is 1. The molecule has 114 valence electrons. The summed E-state index contributed by atoms with van der Waals surface area (Å²) in [4.78, 5) is 11.1. The highest BCUT2D eigenvalue weighted by atomic mass is 19.1. The Morgan fingerprint density at radius 3 is 2.45 bits per heavy atom. The summed E-state index contributed by atoms with van der Waals surface area (Å²) < 4.78 is 46.5. The zero-order chi connectivity index (χ0) is 15.9. The highest BCUT2D eigenvalue weighted by molar-refractivity contribution is 5.88. The largest absolute Gasteiger partial charge is 0.493 e. The van der Waals surface area contributed by atoms with Crippen LogP contribution in [0, 0.1) is 17.5 Å². The second-order valence-corrected chi connectivity index (χ2v) is 5.03. The maximum atomic E-state index is 14.0. The lowest BCUT2D eigenvalue weighted by Gasteiger charge is -2.27. The summed E-state index contributed by atoms with van der Waals surface area (Å²) >= 11 is 0. The first-order valence-corrected chi connectivity index (χ1v) is 6.62. The van der Waals surface area contributed by atoms with Gasteiger partial charge in [-0.15, -0.1) is 0 Å². The van der Waals surface area contributed by atoms with Gasteiger partial charge in [0.15, 0.2) is 0 Å². The van der Waals surface area contributed by atoms with Crippen molar-refractivity contribution in [1.82, 2.24) is 0 Å². The minimum absolute atomic E-state index is 0.00261. The van der Waals surface area contributed by atoms with Crippen molar-refractivity contribution in [2.75, 3.05) is 6.61 Å². The number of benzene rings is 2. The van der Waals surface area contributed by atoms with E-state index >= 15 is 0 Å². The van der Waals surface area contributed by atoms with Gasteiger partial charge in [-0.2, -0.15) is 0 Å². The lowest BCUT2D eigenvalue weighted by atomic mass is 9.85. The Balaban J connectivity index is 2.16. The van der Waals surface area contributed by atoms with Crippen molar-refractivity contribution in [3.8, 4) is 5.75 Å². The van der Waals surface area contributed by atoms with Gasteiger partial charge < -0.3 is 9.84 Å². The predicted octanol–water partition coefficient (Wildman–Crippen LogP) is 3.72. The number of ether oxygens (including phenoxy) is 1. The highest BCUT2D eigenvalue weighted by Crippen LogP contribution is 2.40. The molecule has 1 aliphatic heterocycles. The summed E-state index contributed by atoms with van der Waals surface area (Å²) in [5.41, 5.74) is 0.112. The zero-order valence-corrected chi connectivity index (χ0v) is 11.3. The van der Waals surface area contributed by atoms with Gasteiger partial charge in [-0.25, -0.2) is 18.0 Å². The number of rotatable bonds is 2. The van der Waals surface area contributed by atoms with E-state index in [0.29, 0.717) is 23.4 Å². The first-order valence-electron chi connectivity index (χ1n) is 6.62. The maximum Gasteiger partial charge on any atom is 0.335 e. The Morgan fingerprint density at radius 1 is 1.14 bits per heavy atom. The van der Waals surface area contributed by atoms with Crippen LogP contribution in [0.2, 0.25) is 0 Å². The van der Waals surface area contributed by atoms with Crippen molar-refractivity contribution in [3.05, 3.63) is 64.5 Å². The van der Waals surface area contributed by atoms with E-state index in [4.69, 9.17) is 9.84 Å². The third-order valence-corrected chi connectivity index (χ3v) is 3.69. The molecule has 0 saturated heterocycles. The van der Waals surface area contributed by atoms with Crippen molar-refractivity contribution in [1.29, 1.82) is 0 Å². The molecule has 0 bridgehead atoms. The molecule has 1 heterocycles. The molecule has 0 saturated carbocycles. The van der Waals surface area contributed by atoms with Gasteiger partial charge >= 0.3 is 5.97 Å². The van der Waals surface area contributed by atoms with E-state index < -0.39 is 29.3 Å². The molecule has 2 aromatic rings. The lowest BCUT2D eigenvalue weighted by molar-refractivity contribution is 0.0696. The Morgan fingerprint density at radius 2 is 1.82 bits per heavy atom. The summed E-state index contributed by atoms with van der Waals surface area (Å²) in [7, 11) is 0. The van der Waals surface area contributed by atoms with Gasteiger partial charge in [0.1, 0.15) is 23.2 Å². The standard InChI is InChI=1S/C16H11F3O3/c17-9-6-12(18)15(13(19)7-9)10-3-4-22-14-2-1-8(16(20)21)5-11(10)14/h1-2,5-7,10H,3-4H2,(H,20,21). The third kappa shape index (κ3) is 2.41. The molecule has 0 fully saturated rings. The molecular formula is C16H11F3O3. The quantitative estimate of drug-likeness (QED) is 0.920. The summed E-state index contributed by atoms with van der Waals surface area (Å²) in [6.07, 6.45) is 0.273. The van der Waals surface area contributed by atoms with E-state index in [2.05, 4.69) is 0 Å². The van der Waals surface area contributed by atoms with Gasteiger partial charge in [-0.3, -0.25) is 0 Å². The molecule has 0 spiro atoms. The molecular weight excluding hydrogens is 297 g/mol. The van der Waals surface area contributed by atoms with Gasteiger partial charge in [-0.05, 0) is 24.6 Å². The minimum Gasteiger partial charge on any atom is -0.493 e. The van der Waals surface area contributed by atoms with Crippen LogP contribution in [-0.4, -0.2) is 17.7 Å². The fourth-order valence-corrected chi connectivity index (χ4v) is 2.71. The van der Waals surface area contributed by atoms with Crippen LogP contribution in [0.3, 0.4) is 0 Å². The fourth-order valence-electron chi connectivity index (χ4n) is 2.71. The van der Waals surface area contributed by atoms with Crippen LogP contribution in [0.1, 0.15) is 33.8 Å². The van der Waals surface area contributed by atoms with E-state index in [1.165, 1.54) is 18.2 Å². The Bertz CT molecular complexity index is 735. The van der Waals surface area contributed by atoms with Crippen LogP contribution in [0.25, 0.3) is 0 Å². The van der Waals surface area contributed by atoms with E-state index in [0.717, 1.165) is 0 Å².